The van der Waals surface area contributed by atoms with Gasteiger partial charge in [0.25, 0.3) is 0 Å². The number of carbonyl (C=O) groups excluding carboxylic acids is 1. The fraction of sp³-hybridized carbons (Fsp3) is 0.222. The molecule has 1 unspecified atom stereocenters. The molecule has 0 saturated heterocycles. The Kier molecular flexibility index (Phi) is 5.36. The Bertz CT molecular complexity index is 694. The lowest BCUT2D eigenvalue weighted by Crippen LogP contribution is -2.23. The molecule has 1 atom stereocenters. The van der Waals surface area contributed by atoms with Gasteiger partial charge in [-0.2, -0.15) is 0 Å². The van der Waals surface area contributed by atoms with Gasteiger partial charge in [-0.25, -0.2) is 0 Å². The first-order chi connectivity index (χ1) is 11.1. The Morgan fingerprint density at radius 3 is 2.22 bits per heavy atom. The Morgan fingerprint density at radius 1 is 1.00 bits per heavy atom. The molecule has 120 valence electrons. The highest BCUT2D eigenvalue weighted by atomic mass is 16.5. The van der Waals surface area contributed by atoms with Crippen molar-refractivity contribution in [2.75, 3.05) is 14.2 Å². The minimum atomic E-state index is -1.24. The molecule has 0 aliphatic carbocycles. The monoisotopic (exact) mass is 314 g/mol. The third-order valence-electron chi connectivity index (χ3n) is 3.53. The molecule has 0 saturated carbocycles. The summed E-state index contributed by atoms with van der Waals surface area (Å²) in [5.41, 5.74) is 1.15. The van der Waals surface area contributed by atoms with Crippen LogP contribution < -0.4 is 9.47 Å². The quantitative estimate of drug-likeness (QED) is 0.795. The zero-order chi connectivity index (χ0) is 16.8. The predicted molar refractivity (Wildman–Crippen MR) is 85.1 cm³/mol. The molecule has 2 rings (SSSR count). The van der Waals surface area contributed by atoms with Crippen molar-refractivity contribution in [1.29, 1.82) is 0 Å². The van der Waals surface area contributed by atoms with Crippen LogP contribution in [0.1, 0.15) is 17.0 Å². The number of hydrogen-bond acceptors (Lipinski definition) is 4. The van der Waals surface area contributed by atoms with Gasteiger partial charge in [-0.1, -0.05) is 36.4 Å². The summed E-state index contributed by atoms with van der Waals surface area (Å²) in [4.78, 5) is 24.0. The van der Waals surface area contributed by atoms with Crippen molar-refractivity contribution in [1.82, 2.24) is 0 Å². The number of aliphatic carboxylic acids is 1. The van der Waals surface area contributed by atoms with Gasteiger partial charge in [0.1, 0.15) is 5.92 Å². The molecule has 0 aliphatic heterocycles. The maximum Gasteiger partial charge on any atom is 0.318 e. The molecule has 0 heterocycles. The molecule has 0 bridgehead atoms. The van der Waals surface area contributed by atoms with Gasteiger partial charge in [-0.3, -0.25) is 9.59 Å². The van der Waals surface area contributed by atoms with E-state index in [2.05, 4.69) is 0 Å². The molecule has 2 aromatic carbocycles. The number of hydrogen-bond donors (Lipinski definition) is 1. The topological polar surface area (TPSA) is 72.8 Å². The summed E-state index contributed by atoms with van der Waals surface area (Å²) in [6.45, 7) is 0. The van der Waals surface area contributed by atoms with Crippen molar-refractivity contribution in [3.8, 4) is 11.5 Å². The molecular formula is C18H18O5. The lowest BCUT2D eigenvalue weighted by Gasteiger charge is -2.14. The number of ketones is 1. The van der Waals surface area contributed by atoms with Gasteiger partial charge in [0.05, 0.1) is 14.2 Å². The first-order valence-electron chi connectivity index (χ1n) is 7.08. The Labute approximate surface area is 134 Å². The molecule has 0 fully saturated rings. The van der Waals surface area contributed by atoms with Crippen molar-refractivity contribution in [2.45, 2.75) is 12.3 Å². The summed E-state index contributed by atoms with van der Waals surface area (Å²) in [5.74, 6) is -1.93. The van der Waals surface area contributed by atoms with Gasteiger partial charge in [0.15, 0.2) is 17.3 Å². The molecule has 23 heavy (non-hydrogen) atoms. The van der Waals surface area contributed by atoms with Crippen molar-refractivity contribution >= 4 is 11.8 Å². The van der Waals surface area contributed by atoms with Crippen LogP contribution in [0.2, 0.25) is 0 Å². The van der Waals surface area contributed by atoms with E-state index in [4.69, 9.17) is 9.47 Å². The molecule has 5 nitrogen and oxygen atoms in total. The first kappa shape index (κ1) is 16.5. The molecular weight excluding hydrogens is 296 g/mol. The van der Waals surface area contributed by atoms with E-state index in [-0.39, 0.29) is 12.2 Å². The van der Waals surface area contributed by atoms with Gasteiger partial charge in [-0.15, -0.1) is 0 Å². The van der Waals surface area contributed by atoms with Crippen LogP contribution in [0.3, 0.4) is 0 Å². The summed E-state index contributed by atoms with van der Waals surface area (Å²) in [6, 6.07) is 13.8. The first-order valence-corrected chi connectivity index (χ1v) is 7.08. The van der Waals surface area contributed by atoms with Gasteiger partial charge in [-0.05, 0) is 23.3 Å². The van der Waals surface area contributed by atoms with Gasteiger partial charge >= 0.3 is 5.97 Å². The number of rotatable bonds is 7. The molecule has 0 aliphatic rings. The summed E-state index contributed by atoms with van der Waals surface area (Å²) in [6.07, 6.45) is 0.0617. The largest absolute Gasteiger partial charge is 0.493 e. The van der Waals surface area contributed by atoms with E-state index in [1.807, 2.05) is 18.2 Å². The van der Waals surface area contributed by atoms with Crippen LogP contribution in [0.5, 0.6) is 11.5 Å². The van der Waals surface area contributed by atoms with Crippen LogP contribution in [0.25, 0.3) is 0 Å². The van der Waals surface area contributed by atoms with Crippen LogP contribution in [0.15, 0.2) is 48.5 Å². The van der Waals surface area contributed by atoms with Crippen LogP contribution in [-0.4, -0.2) is 31.1 Å². The predicted octanol–water partition coefficient (Wildman–Crippen LogP) is 2.68. The van der Waals surface area contributed by atoms with Crippen LogP contribution >= 0.6 is 0 Å². The van der Waals surface area contributed by atoms with E-state index in [1.54, 1.807) is 24.3 Å². The summed E-state index contributed by atoms with van der Waals surface area (Å²) in [5, 5.41) is 9.47. The third-order valence-corrected chi connectivity index (χ3v) is 3.53. The Morgan fingerprint density at radius 2 is 1.65 bits per heavy atom. The fourth-order valence-electron chi connectivity index (χ4n) is 2.40. The summed E-state index contributed by atoms with van der Waals surface area (Å²) < 4.78 is 10.3. The van der Waals surface area contributed by atoms with E-state index in [9.17, 15) is 14.7 Å². The minimum absolute atomic E-state index is 0.0617. The van der Waals surface area contributed by atoms with Crippen molar-refractivity contribution in [3.63, 3.8) is 0 Å². The summed E-state index contributed by atoms with van der Waals surface area (Å²) >= 11 is 0. The van der Waals surface area contributed by atoms with Crippen molar-refractivity contribution in [3.05, 3.63) is 59.7 Å². The molecule has 0 spiro atoms. The van der Waals surface area contributed by atoms with Gasteiger partial charge < -0.3 is 14.6 Å². The standard InChI is InChI=1S/C18H18O5/c1-22-15-9-8-13(11-16(15)23-2)17(18(20)21)14(19)10-12-6-4-3-5-7-12/h3-9,11,17H,10H2,1-2H3,(H,20,21). The molecule has 2 aromatic rings. The highest BCUT2D eigenvalue weighted by molar-refractivity contribution is 6.04. The lowest BCUT2D eigenvalue weighted by molar-refractivity contribution is -0.142. The highest BCUT2D eigenvalue weighted by Gasteiger charge is 2.28. The third kappa shape index (κ3) is 3.88. The second-order valence-electron chi connectivity index (χ2n) is 5.01. The number of carboxylic acids is 1. The van der Waals surface area contributed by atoms with Gasteiger partial charge in [0, 0.05) is 6.42 Å². The SMILES string of the molecule is COc1ccc(C(C(=O)O)C(=O)Cc2ccccc2)cc1OC. The van der Waals surface area contributed by atoms with Crippen molar-refractivity contribution in [2.24, 2.45) is 0 Å². The lowest BCUT2D eigenvalue weighted by atomic mass is 9.91. The molecule has 1 N–H and O–H groups in total. The maximum atomic E-state index is 12.5. The van der Waals surface area contributed by atoms with Crippen molar-refractivity contribution < 1.29 is 24.2 Å². The maximum absolute atomic E-state index is 12.5. The van der Waals surface area contributed by atoms with E-state index >= 15 is 0 Å². The average molecular weight is 314 g/mol. The second kappa shape index (κ2) is 7.45. The molecule has 0 aromatic heterocycles. The zero-order valence-electron chi connectivity index (χ0n) is 13.0. The van der Waals surface area contributed by atoms with Crippen LogP contribution in [0, 0.1) is 0 Å². The van der Waals surface area contributed by atoms with Gasteiger partial charge in [0.2, 0.25) is 0 Å². The Hall–Kier alpha value is -2.82. The highest BCUT2D eigenvalue weighted by Crippen LogP contribution is 2.31. The van der Waals surface area contributed by atoms with E-state index in [1.165, 1.54) is 20.3 Å². The fourth-order valence-corrected chi connectivity index (χ4v) is 2.40. The number of benzene rings is 2. The number of methoxy groups -OCH3 is 2. The van der Waals surface area contributed by atoms with E-state index in [0.717, 1.165) is 5.56 Å². The van der Waals surface area contributed by atoms with E-state index in [0.29, 0.717) is 17.1 Å². The average Bonchev–Trinajstić information content (AvgIpc) is 2.55. The summed E-state index contributed by atoms with van der Waals surface area (Å²) in [7, 11) is 2.95. The normalized spacial score (nSPS) is 11.6. The second-order valence-corrected chi connectivity index (χ2v) is 5.01. The number of carboxylic acid groups (broad SMARTS) is 1. The Balaban J connectivity index is 2.31. The van der Waals surface area contributed by atoms with Crippen LogP contribution in [0.4, 0.5) is 0 Å². The number of ether oxygens (including phenoxy) is 2. The van der Waals surface area contributed by atoms with Crippen LogP contribution in [-0.2, 0) is 16.0 Å². The minimum Gasteiger partial charge on any atom is -0.493 e. The molecule has 0 amide bonds. The molecule has 5 heteroatoms. The number of carbonyl (C=O) groups is 2. The molecule has 0 radical (unpaired) electrons. The smallest absolute Gasteiger partial charge is 0.318 e. The van der Waals surface area contributed by atoms with E-state index < -0.39 is 11.9 Å². The zero-order valence-corrected chi connectivity index (χ0v) is 13.0. The number of Topliss-reactive ketones (excluding diaryl/α,β-unsaturated/α-hetero) is 1.